The van der Waals surface area contributed by atoms with Gasteiger partial charge in [0.2, 0.25) is 5.79 Å². The van der Waals surface area contributed by atoms with Crippen LogP contribution in [0.25, 0.3) is 0 Å². The van der Waals surface area contributed by atoms with Gasteiger partial charge in [0.15, 0.2) is 0 Å². The number of ether oxygens (including phenoxy) is 1. The monoisotopic (exact) mass is 326 g/mol. The molecule has 4 heteroatoms. The van der Waals surface area contributed by atoms with Crippen LogP contribution in [0.3, 0.4) is 0 Å². The third kappa shape index (κ3) is 2.18. The van der Waals surface area contributed by atoms with Gasteiger partial charge in [-0.1, -0.05) is 22.6 Å². The number of halogens is 1. The van der Waals surface area contributed by atoms with E-state index in [0.717, 1.165) is 19.3 Å². The molecular weight excluding hydrogens is 307 g/mol. The van der Waals surface area contributed by atoms with E-state index < -0.39 is 5.79 Å². The maximum Gasteiger partial charge on any atom is 0.201 e. The third-order valence-corrected chi connectivity index (χ3v) is 6.08. The molecule has 0 spiro atoms. The molecule has 1 unspecified atom stereocenters. The molecule has 0 N–H and O–H groups in total. The van der Waals surface area contributed by atoms with Crippen molar-refractivity contribution in [1.29, 1.82) is 0 Å². The zero-order valence-electron chi connectivity index (χ0n) is 9.59. The maximum absolute atomic E-state index is 5.58. The van der Waals surface area contributed by atoms with Crippen LogP contribution in [-0.2, 0) is 14.5 Å². The van der Waals surface area contributed by atoms with E-state index in [-0.39, 0.29) is 5.60 Å². The van der Waals surface area contributed by atoms with E-state index in [2.05, 4.69) is 36.4 Å². The Morgan fingerprint density at radius 2 is 2.07 bits per heavy atom. The minimum absolute atomic E-state index is 0.226. The van der Waals surface area contributed by atoms with Crippen molar-refractivity contribution in [3.8, 4) is 0 Å². The molecule has 88 valence electrons. The Morgan fingerprint density at radius 3 is 2.73 bits per heavy atom. The molecule has 2 rings (SSSR count). The van der Waals surface area contributed by atoms with Crippen molar-refractivity contribution < 1.29 is 14.5 Å². The molecule has 1 saturated carbocycles. The van der Waals surface area contributed by atoms with Crippen LogP contribution in [-0.4, -0.2) is 22.4 Å². The second-order valence-corrected chi connectivity index (χ2v) is 6.49. The maximum atomic E-state index is 5.58. The van der Waals surface area contributed by atoms with E-state index in [9.17, 15) is 0 Å². The van der Waals surface area contributed by atoms with Crippen molar-refractivity contribution in [3.63, 3.8) is 0 Å². The molecular formula is C11H19IO3. The number of hydrogen-bond acceptors (Lipinski definition) is 3. The van der Waals surface area contributed by atoms with Crippen molar-refractivity contribution in [2.75, 3.05) is 7.11 Å². The van der Waals surface area contributed by atoms with Gasteiger partial charge in [-0.2, -0.15) is 0 Å². The minimum Gasteiger partial charge on any atom is -0.351 e. The summed E-state index contributed by atoms with van der Waals surface area (Å²) in [6, 6.07) is 0. The predicted octanol–water partition coefficient (Wildman–Crippen LogP) is 3.06. The van der Waals surface area contributed by atoms with Crippen molar-refractivity contribution >= 4 is 22.6 Å². The molecule has 0 aromatic carbocycles. The average Bonchev–Trinajstić information content (AvgIpc) is 2.31. The zero-order valence-corrected chi connectivity index (χ0v) is 11.7. The zero-order chi connectivity index (χ0) is 11.1. The van der Waals surface area contributed by atoms with Crippen LogP contribution >= 0.6 is 22.6 Å². The molecule has 0 amide bonds. The van der Waals surface area contributed by atoms with E-state index in [1.54, 1.807) is 7.11 Å². The highest BCUT2D eigenvalue weighted by molar-refractivity contribution is 14.1. The quantitative estimate of drug-likeness (QED) is 0.421. The molecule has 1 saturated heterocycles. The van der Waals surface area contributed by atoms with Gasteiger partial charge in [-0.25, -0.2) is 9.78 Å². The fourth-order valence-corrected chi connectivity index (χ4v) is 3.30. The summed E-state index contributed by atoms with van der Waals surface area (Å²) in [6.45, 7) is 4.18. The first-order valence-electron chi connectivity index (χ1n) is 5.55. The number of fused-ring (bicyclic) bond motifs is 2. The highest BCUT2D eigenvalue weighted by Crippen LogP contribution is 2.46. The Bertz CT molecular complexity index is 244. The summed E-state index contributed by atoms with van der Waals surface area (Å²) in [5.74, 6) is 0.150. The van der Waals surface area contributed by atoms with E-state index in [1.807, 2.05) is 0 Å². The second kappa shape index (κ2) is 4.13. The van der Waals surface area contributed by atoms with Gasteiger partial charge in [0.25, 0.3) is 0 Å². The number of rotatable bonds is 1. The molecule has 3 nitrogen and oxygen atoms in total. The lowest BCUT2D eigenvalue weighted by Crippen LogP contribution is -2.39. The third-order valence-electron chi connectivity index (χ3n) is 3.56. The molecule has 15 heavy (non-hydrogen) atoms. The molecule has 2 fully saturated rings. The summed E-state index contributed by atoms with van der Waals surface area (Å²) >= 11 is 2.49. The lowest BCUT2D eigenvalue weighted by atomic mass is 9.79. The van der Waals surface area contributed by atoms with Crippen LogP contribution < -0.4 is 0 Å². The van der Waals surface area contributed by atoms with E-state index in [1.165, 1.54) is 6.42 Å². The molecule has 0 aromatic heterocycles. The molecule has 0 radical (unpaired) electrons. The highest BCUT2D eigenvalue weighted by atomic mass is 127. The SMILES string of the molecule is CO[C@]12CCC[C@H](C1)C(I)C(C)(C)OO2. The van der Waals surface area contributed by atoms with Gasteiger partial charge in [0.05, 0.1) is 0 Å². The van der Waals surface area contributed by atoms with Gasteiger partial charge in [0.1, 0.15) is 5.60 Å². The normalized spacial score (nSPS) is 44.8. The van der Waals surface area contributed by atoms with Crippen molar-refractivity contribution in [1.82, 2.24) is 0 Å². The molecule has 2 bridgehead atoms. The molecule has 1 aliphatic carbocycles. The first-order valence-corrected chi connectivity index (χ1v) is 6.80. The van der Waals surface area contributed by atoms with Gasteiger partial charge >= 0.3 is 0 Å². The largest absolute Gasteiger partial charge is 0.351 e. The first kappa shape index (κ1) is 12.1. The summed E-state index contributed by atoms with van der Waals surface area (Å²) in [5.41, 5.74) is -0.226. The van der Waals surface area contributed by atoms with Gasteiger partial charge in [-0.15, -0.1) is 0 Å². The van der Waals surface area contributed by atoms with E-state index in [0.29, 0.717) is 9.84 Å². The molecule has 1 heterocycles. The number of hydrogen-bond donors (Lipinski definition) is 0. The fourth-order valence-electron chi connectivity index (χ4n) is 2.58. The van der Waals surface area contributed by atoms with E-state index in [4.69, 9.17) is 14.5 Å². The average molecular weight is 326 g/mol. The van der Waals surface area contributed by atoms with E-state index >= 15 is 0 Å². The Balaban J connectivity index is 2.23. The second-order valence-electron chi connectivity index (χ2n) is 5.14. The molecule has 0 aromatic rings. The lowest BCUT2D eigenvalue weighted by molar-refractivity contribution is -0.453. The molecule has 1 aliphatic heterocycles. The van der Waals surface area contributed by atoms with Crippen molar-refractivity contribution in [2.45, 2.75) is 54.8 Å². The summed E-state index contributed by atoms with van der Waals surface area (Å²) in [7, 11) is 1.71. The van der Waals surface area contributed by atoms with Crippen molar-refractivity contribution in [3.05, 3.63) is 0 Å². The lowest BCUT2D eigenvalue weighted by Gasteiger charge is -2.36. The van der Waals surface area contributed by atoms with Gasteiger partial charge < -0.3 is 4.74 Å². The Kier molecular flexibility index (Phi) is 3.32. The van der Waals surface area contributed by atoms with Crippen molar-refractivity contribution in [2.24, 2.45) is 5.92 Å². The van der Waals surface area contributed by atoms with Crippen LogP contribution in [0.15, 0.2) is 0 Å². The summed E-state index contributed by atoms with van der Waals surface area (Å²) in [6.07, 6.45) is 4.33. The van der Waals surface area contributed by atoms with Gasteiger partial charge in [0, 0.05) is 23.9 Å². The van der Waals surface area contributed by atoms with Gasteiger partial charge in [-0.05, 0) is 32.6 Å². The van der Waals surface area contributed by atoms with Crippen LogP contribution in [0.5, 0.6) is 0 Å². The van der Waals surface area contributed by atoms with Crippen LogP contribution in [0.1, 0.15) is 39.5 Å². The summed E-state index contributed by atoms with van der Waals surface area (Å²) in [4.78, 5) is 11.1. The van der Waals surface area contributed by atoms with Gasteiger partial charge in [-0.3, -0.25) is 0 Å². The van der Waals surface area contributed by atoms with Crippen LogP contribution in [0.2, 0.25) is 0 Å². The number of alkyl halides is 1. The molecule has 3 atom stereocenters. The minimum atomic E-state index is -0.486. The van der Waals surface area contributed by atoms with Crippen LogP contribution in [0.4, 0.5) is 0 Å². The Labute approximate surface area is 105 Å². The first-order chi connectivity index (χ1) is 6.99. The summed E-state index contributed by atoms with van der Waals surface area (Å²) in [5, 5.41) is 0. The fraction of sp³-hybridized carbons (Fsp3) is 1.00. The smallest absolute Gasteiger partial charge is 0.201 e. The highest BCUT2D eigenvalue weighted by Gasteiger charge is 2.49. The molecule has 2 aliphatic rings. The number of methoxy groups -OCH3 is 1. The summed E-state index contributed by atoms with van der Waals surface area (Å²) < 4.78 is 6.00. The predicted molar refractivity (Wildman–Crippen MR) is 65.8 cm³/mol. The Hall–Kier alpha value is 0.610. The van der Waals surface area contributed by atoms with Crippen LogP contribution in [0, 0.1) is 5.92 Å². The topological polar surface area (TPSA) is 27.7 Å². The standard InChI is InChI=1S/C11H19IO3/c1-10(2)9(12)8-5-4-6-11(7-8,13-3)15-14-10/h8-9H,4-7H2,1-3H3/t8-,9?,11+/m1/s1. The Morgan fingerprint density at radius 1 is 1.33 bits per heavy atom.